The lowest BCUT2D eigenvalue weighted by Crippen LogP contribution is -2.05. The average molecular weight is 273 g/mol. The molecule has 2 heterocycles. The second kappa shape index (κ2) is 4.26. The molecule has 0 bridgehead atoms. The molecule has 20 heavy (non-hydrogen) atoms. The third-order valence-corrected chi connectivity index (χ3v) is 2.71. The van der Waals surface area contributed by atoms with Crippen molar-refractivity contribution in [3.05, 3.63) is 36.3 Å². The van der Waals surface area contributed by atoms with Crippen LogP contribution < -0.4 is 22.5 Å². The van der Waals surface area contributed by atoms with Gasteiger partial charge in [0.25, 0.3) is 0 Å². The zero-order chi connectivity index (χ0) is 14.3. The molecule has 0 unspecified atom stereocenters. The van der Waals surface area contributed by atoms with Gasteiger partial charge in [0.1, 0.15) is 11.6 Å². The predicted molar refractivity (Wildman–Crippen MR) is 75.9 cm³/mol. The minimum Gasteiger partial charge on any atom is -0.399 e. The summed E-state index contributed by atoms with van der Waals surface area (Å²) in [6, 6.07) is 5.70. The van der Waals surface area contributed by atoms with Crippen LogP contribution in [0.15, 0.2) is 30.5 Å². The van der Waals surface area contributed by atoms with Crippen LogP contribution in [0.5, 0.6) is 0 Å². The number of nitrogens with one attached hydrogen (secondary N) is 1. The Morgan fingerprint density at radius 2 is 1.90 bits per heavy atom. The van der Waals surface area contributed by atoms with E-state index < -0.39 is 5.82 Å². The minimum atomic E-state index is -0.441. The Morgan fingerprint density at radius 3 is 2.65 bits per heavy atom. The highest BCUT2D eigenvalue weighted by Gasteiger charge is 2.08. The summed E-state index contributed by atoms with van der Waals surface area (Å²) in [6.07, 6.45) is 1.46. The Bertz CT molecular complexity index is 776. The largest absolute Gasteiger partial charge is 0.399 e. The summed E-state index contributed by atoms with van der Waals surface area (Å²) in [5.41, 5.74) is 18.8. The molecule has 102 valence electrons. The van der Waals surface area contributed by atoms with Crippen molar-refractivity contribution in [2.75, 3.05) is 22.5 Å². The molecule has 7 N–H and O–H groups in total. The van der Waals surface area contributed by atoms with Crippen LogP contribution in [0.1, 0.15) is 0 Å². The quantitative estimate of drug-likeness (QED) is 0.523. The number of anilines is 5. The van der Waals surface area contributed by atoms with E-state index in [1.165, 1.54) is 22.8 Å². The maximum Gasteiger partial charge on any atom is 0.179 e. The van der Waals surface area contributed by atoms with Gasteiger partial charge in [-0.25, -0.2) is 9.37 Å². The van der Waals surface area contributed by atoms with E-state index in [1.807, 2.05) is 0 Å². The second-order valence-corrected chi connectivity index (χ2v) is 4.30. The van der Waals surface area contributed by atoms with Crippen molar-refractivity contribution in [2.45, 2.75) is 0 Å². The highest BCUT2D eigenvalue weighted by Crippen LogP contribution is 2.23. The lowest BCUT2D eigenvalue weighted by molar-refractivity contribution is 0.629. The van der Waals surface area contributed by atoms with Gasteiger partial charge in [0.05, 0.1) is 11.9 Å². The minimum absolute atomic E-state index is 0.309. The first-order chi connectivity index (χ1) is 9.52. The molecule has 8 heteroatoms. The first kappa shape index (κ1) is 12.0. The molecule has 7 nitrogen and oxygen atoms in total. The third-order valence-electron chi connectivity index (χ3n) is 2.71. The number of hydrogen-bond acceptors (Lipinski definition) is 6. The molecule has 0 aliphatic carbocycles. The molecule has 0 amide bonds. The van der Waals surface area contributed by atoms with Crippen LogP contribution in [0.2, 0.25) is 0 Å². The van der Waals surface area contributed by atoms with Crippen molar-refractivity contribution < 1.29 is 4.39 Å². The summed E-state index contributed by atoms with van der Waals surface area (Å²) >= 11 is 0. The summed E-state index contributed by atoms with van der Waals surface area (Å²) in [5, 5.41) is 7.15. The summed E-state index contributed by atoms with van der Waals surface area (Å²) in [7, 11) is 0. The van der Waals surface area contributed by atoms with Gasteiger partial charge in [-0.1, -0.05) is 0 Å². The van der Waals surface area contributed by atoms with Gasteiger partial charge in [-0.05, 0) is 18.2 Å². The number of nitrogen functional groups attached to an aromatic ring is 3. The summed E-state index contributed by atoms with van der Waals surface area (Å²) in [5.74, 6) is 0.322. The molecule has 0 radical (unpaired) electrons. The monoisotopic (exact) mass is 273 g/mol. The van der Waals surface area contributed by atoms with Gasteiger partial charge in [-0.15, -0.1) is 5.10 Å². The second-order valence-electron chi connectivity index (χ2n) is 4.30. The molecule has 1 aromatic carbocycles. The van der Waals surface area contributed by atoms with Gasteiger partial charge in [-0.2, -0.15) is 4.52 Å². The molecule has 0 atom stereocenters. The number of nitrogens with two attached hydrogens (primary N) is 3. The van der Waals surface area contributed by atoms with Crippen LogP contribution in [0.4, 0.5) is 33.1 Å². The van der Waals surface area contributed by atoms with E-state index >= 15 is 0 Å². The summed E-state index contributed by atoms with van der Waals surface area (Å²) < 4.78 is 14.7. The van der Waals surface area contributed by atoms with Crippen LogP contribution in [0.3, 0.4) is 0 Å². The molecule has 2 aromatic heterocycles. The Kier molecular flexibility index (Phi) is 2.56. The molecule has 3 aromatic rings. The predicted octanol–water partition coefficient (Wildman–Crippen LogP) is 1.36. The number of nitrogens with zero attached hydrogens (tertiary/aromatic N) is 3. The topological polar surface area (TPSA) is 120 Å². The number of rotatable bonds is 2. The molecule has 3 rings (SSSR count). The van der Waals surface area contributed by atoms with Crippen LogP contribution in [0.25, 0.3) is 5.65 Å². The van der Waals surface area contributed by atoms with Crippen molar-refractivity contribution in [2.24, 2.45) is 0 Å². The molecule has 0 spiro atoms. The van der Waals surface area contributed by atoms with E-state index in [0.717, 1.165) is 0 Å². The molecular weight excluding hydrogens is 261 g/mol. The smallest absolute Gasteiger partial charge is 0.179 e. The average Bonchev–Trinajstić information content (AvgIpc) is 2.70. The van der Waals surface area contributed by atoms with Crippen molar-refractivity contribution in [3.63, 3.8) is 0 Å². The Morgan fingerprint density at radius 1 is 1.10 bits per heavy atom. The van der Waals surface area contributed by atoms with Crippen molar-refractivity contribution in [1.29, 1.82) is 0 Å². The number of fused-ring (bicyclic) bond motifs is 1. The van der Waals surface area contributed by atoms with E-state index in [0.29, 0.717) is 34.3 Å². The first-order valence-corrected chi connectivity index (χ1v) is 5.76. The van der Waals surface area contributed by atoms with Crippen molar-refractivity contribution in [3.8, 4) is 0 Å². The molecule has 0 fully saturated rings. The molecular formula is C12H12FN7. The van der Waals surface area contributed by atoms with E-state index in [1.54, 1.807) is 12.1 Å². The van der Waals surface area contributed by atoms with E-state index in [-0.39, 0.29) is 0 Å². The van der Waals surface area contributed by atoms with Crippen LogP contribution >= 0.6 is 0 Å². The zero-order valence-corrected chi connectivity index (χ0v) is 10.3. The maximum absolute atomic E-state index is 13.3. The SMILES string of the molecule is Nc1cc(F)cc(Nc2cc(N)c3ncc(N)n3n2)c1. The normalized spacial score (nSPS) is 10.8. The highest BCUT2D eigenvalue weighted by atomic mass is 19.1. The number of benzene rings is 1. The fraction of sp³-hybridized carbons (Fsp3) is 0. The third kappa shape index (κ3) is 2.03. The summed E-state index contributed by atoms with van der Waals surface area (Å²) in [4.78, 5) is 4.04. The van der Waals surface area contributed by atoms with E-state index in [4.69, 9.17) is 17.2 Å². The van der Waals surface area contributed by atoms with Crippen molar-refractivity contribution in [1.82, 2.24) is 14.6 Å². The zero-order valence-electron chi connectivity index (χ0n) is 10.3. The lowest BCUT2D eigenvalue weighted by atomic mass is 10.2. The van der Waals surface area contributed by atoms with Gasteiger partial charge in [-0.3, -0.25) is 0 Å². The number of imidazole rings is 1. The summed E-state index contributed by atoms with van der Waals surface area (Å²) in [6.45, 7) is 0. The lowest BCUT2D eigenvalue weighted by Gasteiger charge is -2.08. The Labute approximate surface area is 113 Å². The Balaban J connectivity index is 2.04. The van der Waals surface area contributed by atoms with E-state index in [9.17, 15) is 4.39 Å². The van der Waals surface area contributed by atoms with Crippen LogP contribution in [0, 0.1) is 5.82 Å². The molecule has 0 aliphatic rings. The van der Waals surface area contributed by atoms with Gasteiger partial charge >= 0.3 is 0 Å². The molecule has 0 saturated carbocycles. The van der Waals surface area contributed by atoms with E-state index in [2.05, 4.69) is 15.4 Å². The molecule has 0 aliphatic heterocycles. The van der Waals surface area contributed by atoms with Gasteiger partial charge < -0.3 is 22.5 Å². The fourth-order valence-corrected chi connectivity index (χ4v) is 1.90. The van der Waals surface area contributed by atoms with Gasteiger partial charge in [0.15, 0.2) is 11.5 Å². The number of aromatic nitrogens is 3. The molecule has 0 saturated heterocycles. The van der Waals surface area contributed by atoms with Gasteiger partial charge in [0, 0.05) is 17.4 Å². The Hall–Kier alpha value is -3.03. The first-order valence-electron chi connectivity index (χ1n) is 5.76. The number of hydrogen-bond donors (Lipinski definition) is 4. The maximum atomic E-state index is 13.3. The number of halogens is 1. The fourth-order valence-electron chi connectivity index (χ4n) is 1.90. The van der Waals surface area contributed by atoms with Crippen molar-refractivity contribution >= 4 is 34.3 Å². The van der Waals surface area contributed by atoms with Crippen LogP contribution in [-0.2, 0) is 0 Å². The van der Waals surface area contributed by atoms with Gasteiger partial charge in [0.2, 0.25) is 0 Å². The van der Waals surface area contributed by atoms with Crippen LogP contribution in [-0.4, -0.2) is 14.6 Å². The highest BCUT2D eigenvalue weighted by molar-refractivity contribution is 5.72. The standard InChI is InChI=1S/C12H12FN7/c13-6-1-7(14)3-8(2-6)18-11-4-9(15)12-17-5-10(16)20(12)19-11/h1-5H,14-16H2,(H,18,19).